The maximum Gasteiger partial charge on any atom is 0.407 e. The highest BCUT2D eigenvalue weighted by Gasteiger charge is 2.37. The summed E-state index contributed by atoms with van der Waals surface area (Å²) in [7, 11) is 0. The van der Waals surface area contributed by atoms with Gasteiger partial charge in [-0.3, -0.25) is 9.59 Å². The van der Waals surface area contributed by atoms with Crippen LogP contribution in [0.25, 0.3) is 11.1 Å². The van der Waals surface area contributed by atoms with E-state index in [4.69, 9.17) is 4.74 Å². The van der Waals surface area contributed by atoms with Gasteiger partial charge >= 0.3 is 12.1 Å². The summed E-state index contributed by atoms with van der Waals surface area (Å²) < 4.78 is 5.59. The van der Waals surface area contributed by atoms with Crippen molar-refractivity contribution in [3.63, 3.8) is 0 Å². The second-order valence-corrected chi connectivity index (χ2v) is 9.00. The molecule has 0 radical (unpaired) electrons. The minimum Gasteiger partial charge on any atom is -0.481 e. The van der Waals surface area contributed by atoms with Crippen molar-refractivity contribution in [3.8, 4) is 11.1 Å². The van der Waals surface area contributed by atoms with Crippen LogP contribution in [0.1, 0.15) is 43.7 Å². The topological polar surface area (TPSA) is 95.9 Å². The minimum absolute atomic E-state index is 0.0242. The first-order valence-corrected chi connectivity index (χ1v) is 11.5. The van der Waals surface area contributed by atoms with Gasteiger partial charge < -0.3 is 20.1 Å². The van der Waals surface area contributed by atoms with Crippen LogP contribution in [-0.2, 0) is 14.3 Å². The van der Waals surface area contributed by atoms with E-state index in [-0.39, 0.29) is 43.4 Å². The third kappa shape index (κ3) is 4.72. The number of hydrogen-bond acceptors (Lipinski definition) is 4. The fourth-order valence-electron chi connectivity index (χ4n) is 4.94. The Kier molecular flexibility index (Phi) is 6.67. The highest BCUT2D eigenvalue weighted by molar-refractivity contribution is 5.81. The van der Waals surface area contributed by atoms with Crippen LogP contribution in [0.3, 0.4) is 0 Å². The van der Waals surface area contributed by atoms with Gasteiger partial charge in [0.2, 0.25) is 5.91 Å². The van der Waals surface area contributed by atoms with Gasteiger partial charge in [0.15, 0.2) is 0 Å². The Morgan fingerprint density at radius 3 is 2.21 bits per heavy atom. The summed E-state index contributed by atoms with van der Waals surface area (Å²) in [6.45, 7) is 4.61. The number of nitrogens with zero attached hydrogens (tertiary/aromatic N) is 1. The molecule has 3 atom stereocenters. The Morgan fingerprint density at radius 1 is 1.06 bits per heavy atom. The molecule has 7 heteroatoms. The number of likely N-dealkylation sites (tertiary alicyclic amines) is 1. The van der Waals surface area contributed by atoms with Crippen LogP contribution in [0, 0.1) is 11.8 Å². The summed E-state index contributed by atoms with van der Waals surface area (Å²) in [4.78, 5) is 38.2. The molecular weight excluding hydrogens is 420 g/mol. The first-order valence-electron chi connectivity index (χ1n) is 11.5. The molecule has 1 heterocycles. The highest BCUT2D eigenvalue weighted by Crippen LogP contribution is 2.44. The molecule has 0 aromatic heterocycles. The predicted molar refractivity (Wildman–Crippen MR) is 124 cm³/mol. The molecule has 2 aromatic carbocycles. The van der Waals surface area contributed by atoms with Crippen LogP contribution in [0.2, 0.25) is 0 Å². The SMILES string of the molecule is CCC(CC(=O)N1C[C@@H](C)[C@H](C(=O)O)C1)NC(=O)OCC1c2ccccc2-c2ccccc21. The molecule has 1 aliphatic heterocycles. The molecule has 174 valence electrons. The molecule has 1 saturated heterocycles. The number of aliphatic carboxylic acids is 1. The zero-order valence-corrected chi connectivity index (χ0v) is 19.0. The number of hydrogen-bond donors (Lipinski definition) is 2. The van der Waals surface area contributed by atoms with Gasteiger partial charge in [-0.2, -0.15) is 0 Å². The van der Waals surface area contributed by atoms with E-state index in [1.807, 2.05) is 38.1 Å². The van der Waals surface area contributed by atoms with E-state index in [0.29, 0.717) is 13.0 Å². The molecule has 0 spiro atoms. The smallest absolute Gasteiger partial charge is 0.407 e. The maximum atomic E-state index is 12.7. The molecule has 1 unspecified atom stereocenters. The number of carbonyl (C=O) groups is 3. The number of carboxylic acids is 1. The van der Waals surface area contributed by atoms with E-state index in [2.05, 4.69) is 29.6 Å². The van der Waals surface area contributed by atoms with Gasteiger partial charge in [-0.05, 0) is 34.6 Å². The second-order valence-electron chi connectivity index (χ2n) is 9.00. The predicted octanol–water partition coefficient (Wildman–Crippen LogP) is 3.87. The molecule has 0 bridgehead atoms. The van der Waals surface area contributed by atoms with Crippen LogP contribution in [0.4, 0.5) is 4.79 Å². The third-order valence-corrected chi connectivity index (χ3v) is 6.86. The average molecular weight is 451 g/mol. The molecule has 1 aliphatic carbocycles. The first-order chi connectivity index (χ1) is 15.9. The zero-order valence-electron chi connectivity index (χ0n) is 19.0. The number of rotatable bonds is 7. The Morgan fingerprint density at radius 2 is 1.67 bits per heavy atom. The number of carboxylic acid groups (broad SMARTS) is 1. The molecule has 2 aromatic rings. The van der Waals surface area contributed by atoms with Crippen molar-refractivity contribution in [1.82, 2.24) is 10.2 Å². The van der Waals surface area contributed by atoms with Crippen LogP contribution >= 0.6 is 0 Å². The van der Waals surface area contributed by atoms with Gasteiger partial charge in [0, 0.05) is 31.5 Å². The number of nitrogens with one attached hydrogen (secondary N) is 1. The van der Waals surface area contributed by atoms with Crippen molar-refractivity contribution >= 4 is 18.0 Å². The van der Waals surface area contributed by atoms with Crippen molar-refractivity contribution in [2.45, 2.75) is 38.6 Å². The number of ether oxygens (including phenoxy) is 1. The number of carbonyl (C=O) groups excluding carboxylic acids is 2. The van der Waals surface area contributed by atoms with Crippen molar-refractivity contribution in [2.24, 2.45) is 11.8 Å². The quantitative estimate of drug-likeness (QED) is 0.668. The maximum absolute atomic E-state index is 12.7. The summed E-state index contributed by atoms with van der Waals surface area (Å²) in [5.74, 6) is -1.66. The van der Waals surface area contributed by atoms with Crippen molar-refractivity contribution in [1.29, 1.82) is 0 Å². The first kappa shape index (κ1) is 22.8. The van der Waals surface area contributed by atoms with Gasteiger partial charge in [-0.15, -0.1) is 0 Å². The van der Waals surface area contributed by atoms with Crippen LogP contribution in [-0.4, -0.2) is 53.7 Å². The van der Waals surface area contributed by atoms with Gasteiger partial charge in [0.25, 0.3) is 0 Å². The van der Waals surface area contributed by atoms with Gasteiger partial charge in [-0.25, -0.2) is 4.79 Å². The van der Waals surface area contributed by atoms with Gasteiger partial charge in [0.05, 0.1) is 5.92 Å². The normalized spacial score (nSPS) is 20.1. The molecule has 4 rings (SSSR count). The van der Waals surface area contributed by atoms with E-state index < -0.39 is 18.0 Å². The van der Waals surface area contributed by atoms with Crippen molar-refractivity contribution < 1.29 is 24.2 Å². The minimum atomic E-state index is -0.874. The summed E-state index contributed by atoms with van der Waals surface area (Å²) >= 11 is 0. The van der Waals surface area contributed by atoms with Crippen molar-refractivity contribution in [3.05, 3.63) is 59.7 Å². The van der Waals surface area contributed by atoms with Gasteiger partial charge in [-0.1, -0.05) is 62.4 Å². The van der Waals surface area contributed by atoms with Gasteiger partial charge in [0.1, 0.15) is 6.61 Å². The summed E-state index contributed by atoms with van der Waals surface area (Å²) in [6, 6.07) is 15.9. The molecule has 2 amide bonds. The number of benzene rings is 2. The Labute approximate surface area is 193 Å². The molecular formula is C26H30N2O5. The molecule has 2 aliphatic rings. The summed E-state index contributed by atoms with van der Waals surface area (Å²) in [5, 5.41) is 12.1. The second kappa shape index (κ2) is 9.65. The van der Waals surface area contributed by atoms with Crippen LogP contribution in [0.15, 0.2) is 48.5 Å². The summed E-state index contributed by atoms with van der Waals surface area (Å²) in [6.07, 6.45) is 0.149. The Balaban J connectivity index is 1.33. The van der Waals surface area contributed by atoms with E-state index in [9.17, 15) is 19.5 Å². The fourth-order valence-corrected chi connectivity index (χ4v) is 4.94. The van der Waals surface area contributed by atoms with E-state index in [0.717, 1.165) is 11.1 Å². The highest BCUT2D eigenvalue weighted by atomic mass is 16.5. The lowest BCUT2D eigenvalue weighted by molar-refractivity contribution is -0.142. The molecule has 7 nitrogen and oxygen atoms in total. The number of fused-ring (bicyclic) bond motifs is 3. The largest absolute Gasteiger partial charge is 0.481 e. The third-order valence-electron chi connectivity index (χ3n) is 6.86. The lowest BCUT2D eigenvalue weighted by Crippen LogP contribution is -2.40. The molecule has 33 heavy (non-hydrogen) atoms. The zero-order chi connectivity index (χ0) is 23.5. The average Bonchev–Trinajstić information content (AvgIpc) is 3.35. The standard InChI is InChI=1S/C26H30N2O5/c1-3-17(12-24(29)28-13-16(2)22(14-28)25(30)31)27-26(32)33-15-23-20-10-6-4-8-18(20)19-9-5-7-11-21(19)23/h4-11,16-17,22-23H,3,12-15H2,1-2H3,(H,27,32)(H,30,31)/t16-,17?,22-/m1/s1. The van der Waals surface area contributed by atoms with E-state index in [1.54, 1.807) is 4.90 Å². The molecule has 2 N–H and O–H groups in total. The van der Waals surface area contributed by atoms with Crippen LogP contribution < -0.4 is 5.32 Å². The Hall–Kier alpha value is -3.35. The fraction of sp³-hybridized carbons (Fsp3) is 0.423. The molecule has 0 saturated carbocycles. The van der Waals surface area contributed by atoms with E-state index in [1.165, 1.54) is 11.1 Å². The Bertz CT molecular complexity index is 1010. The lowest BCUT2D eigenvalue weighted by atomic mass is 9.98. The number of amides is 2. The summed E-state index contributed by atoms with van der Waals surface area (Å²) in [5.41, 5.74) is 4.62. The number of alkyl carbamates (subject to hydrolysis) is 1. The van der Waals surface area contributed by atoms with Crippen molar-refractivity contribution in [2.75, 3.05) is 19.7 Å². The van der Waals surface area contributed by atoms with Crippen LogP contribution in [0.5, 0.6) is 0 Å². The lowest BCUT2D eigenvalue weighted by Gasteiger charge is -2.22. The monoisotopic (exact) mass is 450 g/mol. The van der Waals surface area contributed by atoms with E-state index >= 15 is 0 Å². The molecule has 1 fully saturated rings.